The fraction of sp³-hybridized carbons (Fsp3) is 0.944. The van der Waals surface area contributed by atoms with E-state index in [1.807, 2.05) is 0 Å². The molecular weight excluding hydrogens is 262 g/mol. The third-order valence-corrected chi connectivity index (χ3v) is 6.53. The highest BCUT2D eigenvalue weighted by Crippen LogP contribution is 2.41. The normalized spacial score (nSPS) is 38.9. The third-order valence-electron chi connectivity index (χ3n) is 6.53. The first-order valence-electron chi connectivity index (χ1n) is 9.19. The van der Waals surface area contributed by atoms with Crippen LogP contribution < -0.4 is 0 Å². The van der Waals surface area contributed by atoms with Crippen LogP contribution >= 0.6 is 0 Å². The summed E-state index contributed by atoms with van der Waals surface area (Å²) in [5.74, 6) is 0.931. The number of likely N-dealkylation sites (tertiary alicyclic amines) is 1. The van der Waals surface area contributed by atoms with Gasteiger partial charge >= 0.3 is 5.97 Å². The Labute approximate surface area is 129 Å². The van der Waals surface area contributed by atoms with E-state index in [2.05, 4.69) is 11.8 Å². The van der Waals surface area contributed by atoms with Crippen LogP contribution in [0.4, 0.5) is 0 Å². The zero-order chi connectivity index (χ0) is 14.8. The second kappa shape index (κ2) is 6.68. The number of aliphatic carboxylic acids is 1. The maximum absolute atomic E-state index is 11.7. The number of carboxylic acids is 1. The van der Waals surface area contributed by atoms with Crippen molar-refractivity contribution >= 4 is 5.97 Å². The summed E-state index contributed by atoms with van der Waals surface area (Å²) < 4.78 is 0. The first-order valence-corrected chi connectivity index (χ1v) is 9.19. The van der Waals surface area contributed by atoms with Gasteiger partial charge in [0.05, 0.1) is 5.92 Å². The van der Waals surface area contributed by atoms with Crippen LogP contribution in [0.1, 0.15) is 71.1 Å². The van der Waals surface area contributed by atoms with E-state index in [1.165, 1.54) is 44.9 Å². The Balaban J connectivity index is 1.75. The van der Waals surface area contributed by atoms with Crippen LogP contribution in [0, 0.1) is 17.8 Å². The van der Waals surface area contributed by atoms with E-state index in [4.69, 9.17) is 0 Å². The number of carbonyl (C=O) groups is 1. The predicted octanol–water partition coefficient (Wildman–Crippen LogP) is 3.92. The van der Waals surface area contributed by atoms with E-state index in [9.17, 15) is 9.90 Å². The molecule has 3 rings (SSSR count). The summed E-state index contributed by atoms with van der Waals surface area (Å²) in [6, 6.07) is 1.00. The Hall–Kier alpha value is -0.570. The minimum atomic E-state index is -0.549. The fourth-order valence-electron chi connectivity index (χ4n) is 5.33. The van der Waals surface area contributed by atoms with E-state index >= 15 is 0 Å². The SMILES string of the molecule is CCC1CCC(C(=O)O)C(N2CCCC2C2CCCC2)C1. The quantitative estimate of drug-likeness (QED) is 0.854. The second-order valence-corrected chi connectivity index (χ2v) is 7.59. The summed E-state index contributed by atoms with van der Waals surface area (Å²) in [6.07, 6.45) is 12.5. The second-order valence-electron chi connectivity index (χ2n) is 7.59. The van der Waals surface area contributed by atoms with Gasteiger partial charge in [-0.1, -0.05) is 26.2 Å². The van der Waals surface area contributed by atoms with Gasteiger partial charge in [0.15, 0.2) is 0 Å². The molecule has 2 saturated carbocycles. The van der Waals surface area contributed by atoms with Gasteiger partial charge in [-0.3, -0.25) is 9.69 Å². The molecule has 0 spiro atoms. The lowest BCUT2D eigenvalue weighted by molar-refractivity contribution is -0.146. The van der Waals surface area contributed by atoms with Crippen molar-refractivity contribution in [1.29, 1.82) is 0 Å². The fourth-order valence-corrected chi connectivity index (χ4v) is 5.33. The Morgan fingerprint density at radius 1 is 1.05 bits per heavy atom. The molecule has 4 atom stereocenters. The number of hydrogen-bond acceptors (Lipinski definition) is 2. The standard InChI is InChI=1S/C18H31NO2/c1-2-13-9-10-15(18(20)21)17(12-13)19-11-5-8-16(19)14-6-3-4-7-14/h13-17H,2-12H2,1H3,(H,20,21). The maximum atomic E-state index is 11.7. The van der Waals surface area contributed by atoms with Gasteiger partial charge in [0.1, 0.15) is 0 Å². The molecule has 4 unspecified atom stereocenters. The summed E-state index contributed by atoms with van der Waals surface area (Å²) in [4.78, 5) is 14.4. The minimum Gasteiger partial charge on any atom is -0.481 e. The molecule has 0 radical (unpaired) electrons. The average Bonchev–Trinajstić information content (AvgIpc) is 3.16. The maximum Gasteiger partial charge on any atom is 0.308 e. The summed E-state index contributed by atoms with van der Waals surface area (Å²) in [6.45, 7) is 3.41. The van der Waals surface area contributed by atoms with Crippen LogP contribution in [0.5, 0.6) is 0 Å². The van der Waals surface area contributed by atoms with E-state index in [0.717, 1.165) is 37.6 Å². The van der Waals surface area contributed by atoms with E-state index < -0.39 is 5.97 Å². The molecule has 2 aliphatic carbocycles. The topological polar surface area (TPSA) is 40.5 Å². The smallest absolute Gasteiger partial charge is 0.308 e. The Kier molecular flexibility index (Phi) is 4.88. The summed E-state index contributed by atoms with van der Waals surface area (Å²) >= 11 is 0. The first kappa shape index (κ1) is 15.3. The number of carboxylic acid groups (broad SMARTS) is 1. The van der Waals surface area contributed by atoms with Crippen molar-refractivity contribution in [2.75, 3.05) is 6.54 Å². The first-order chi connectivity index (χ1) is 10.2. The molecule has 1 aliphatic heterocycles. The van der Waals surface area contributed by atoms with Gasteiger partial charge in [0.25, 0.3) is 0 Å². The average molecular weight is 293 g/mol. The third kappa shape index (κ3) is 3.13. The van der Waals surface area contributed by atoms with Gasteiger partial charge in [-0.25, -0.2) is 0 Å². The van der Waals surface area contributed by atoms with Crippen LogP contribution in [0.15, 0.2) is 0 Å². The summed E-state index contributed by atoms with van der Waals surface area (Å²) in [5.41, 5.74) is 0. The molecule has 3 fully saturated rings. The molecule has 3 heteroatoms. The van der Waals surface area contributed by atoms with Crippen LogP contribution in [0.2, 0.25) is 0 Å². The summed E-state index contributed by atoms with van der Waals surface area (Å²) in [7, 11) is 0. The molecule has 3 nitrogen and oxygen atoms in total. The van der Waals surface area contributed by atoms with Gasteiger partial charge in [-0.15, -0.1) is 0 Å². The molecule has 3 aliphatic rings. The monoisotopic (exact) mass is 293 g/mol. The number of hydrogen-bond donors (Lipinski definition) is 1. The zero-order valence-corrected chi connectivity index (χ0v) is 13.5. The number of nitrogens with zero attached hydrogens (tertiary/aromatic N) is 1. The molecule has 21 heavy (non-hydrogen) atoms. The van der Waals surface area contributed by atoms with Crippen molar-refractivity contribution in [3.63, 3.8) is 0 Å². The van der Waals surface area contributed by atoms with Crippen LogP contribution in [0.25, 0.3) is 0 Å². The highest BCUT2D eigenvalue weighted by atomic mass is 16.4. The predicted molar refractivity (Wildman–Crippen MR) is 84.2 cm³/mol. The molecular formula is C18H31NO2. The van der Waals surface area contributed by atoms with Gasteiger partial charge in [0.2, 0.25) is 0 Å². The molecule has 1 saturated heterocycles. The van der Waals surface area contributed by atoms with E-state index in [-0.39, 0.29) is 5.92 Å². The minimum absolute atomic E-state index is 0.116. The Morgan fingerprint density at radius 3 is 2.48 bits per heavy atom. The van der Waals surface area contributed by atoms with Crippen molar-refractivity contribution < 1.29 is 9.90 Å². The van der Waals surface area contributed by atoms with Gasteiger partial charge in [-0.2, -0.15) is 0 Å². The number of rotatable bonds is 4. The van der Waals surface area contributed by atoms with Gasteiger partial charge < -0.3 is 5.11 Å². The molecule has 0 aromatic heterocycles. The lowest BCUT2D eigenvalue weighted by Gasteiger charge is -2.43. The Morgan fingerprint density at radius 2 is 1.81 bits per heavy atom. The molecule has 120 valence electrons. The van der Waals surface area contributed by atoms with Crippen molar-refractivity contribution in [3.8, 4) is 0 Å². The van der Waals surface area contributed by atoms with Crippen LogP contribution in [0.3, 0.4) is 0 Å². The highest BCUT2D eigenvalue weighted by Gasteiger charge is 2.43. The van der Waals surface area contributed by atoms with Crippen molar-refractivity contribution in [3.05, 3.63) is 0 Å². The molecule has 1 heterocycles. The lowest BCUT2D eigenvalue weighted by atomic mass is 9.76. The lowest BCUT2D eigenvalue weighted by Crippen LogP contribution is -2.50. The Bertz CT molecular complexity index is 364. The summed E-state index contributed by atoms with van der Waals surface area (Å²) in [5, 5.41) is 9.65. The van der Waals surface area contributed by atoms with Gasteiger partial charge in [-0.05, 0) is 63.3 Å². The molecule has 0 aromatic rings. The van der Waals surface area contributed by atoms with E-state index in [0.29, 0.717) is 12.1 Å². The van der Waals surface area contributed by atoms with Crippen molar-refractivity contribution in [2.45, 2.75) is 83.2 Å². The van der Waals surface area contributed by atoms with E-state index in [1.54, 1.807) is 0 Å². The van der Waals surface area contributed by atoms with Crippen LogP contribution in [-0.2, 0) is 4.79 Å². The molecule has 1 N–H and O–H groups in total. The highest BCUT2D eigenvalue weighted by molar-refractivity contribution is 5.71. The molecule has 0 amide bonds. The molecule has 0 aromatic carbocycles. The zero-order valence-electron chi connectivity index (χ0n) is 13.5. The molecule has 0 bridgehead atoms. The van der Waals surface area contributed by atoms with Crippen molar-refractivity contribution in [1.82, 2.24) is 4.90 Å². The largest absolute Gasteiger partial charge is 0.481 e. The van der Waals surface area contributed by atoms with Crippen molar-refractivity contribution in [2.24, 2.45) is 17.8 Å². The van der Waals surface area contributed by atoms with Gasteiger partial charge in [0, 0.05) is 12.1 Å². The van der Waals surface area contributed by atoms with Crippen LogP contribution in [-0.4, -0.2) is 34.6 Å².